The fraction of sp³-hybridized carbons (Fsp3) is 0.0588. The van der Waals surface area contributed by atoms with Crippen molar-refractivity contribution in [3.05, 3.63) is 82.1 Å². The van der Waals surface area contributed by atoms with Crippen LogP contribution in [0.4, 0.5) is 5.95 Å². The first-order valence-corrected chi connectivity index (χ1v) is 7.86. The van der Waals surface area contributed by atoms with Gasteiger partial charge in [-0.1, -0.05) is 47.5 Å². The zero-order valence-corrected chi connectivity index (χ0v) is 13.5. The molecule has 1 aliphatic heterocycles. The number of halogens is 2. The van der Waals surface area contributed by atoms with Crippen LogP contribution in [0.1, 0.15) is 17.2 Å². The van der Waals surface area contributed by atoms with Gasteiger partial charge in [0.25, 0.3) is 0 Å². The highest BCUT2D eigenvalue weighted by molar-refractivity contribution is 6.30. The molecule has 1 aromatic heterocycles. The zero-order chi connectivity index (χ0) is 15.8. The topological polar surface area (TPSA) is 42.7 Å². The Labute approximate surface area is 143 Å². The Balaban J connectivity index is 1.79. The van der Waals surface area contributed by atoms with Gasteiger partial charge >= 0.3 is 0 Å². The molecular formula is C17H12Cl2N4. The molecule has 0 spiro atoms. The van der Waals surface area contributed by atoms with Gasteiger partial charge in [0.2, 0.25) is 5.95 Å². The van der Waals surface area contributed by atoms with Crippen LogP contribution >= 0.6 is 23.2 Å². The average Bonchev–Trinajstić information content (AvgIpc) is 3.04. The summed E-state index contributed by atoms with van der Waals surface area (Å²) >= 11 is 12.0. The predicted octanol–water partition coefficient (Wildman–Crippen LogP) is 4.64. The molecule has 23 heavy (non-hydrogen) atoms. The summed E-state index contributed by atoms with van der Waals surface area (Å²) in [5, 5.41) is 9.05. The van der Waals surface area contributed by atoms with Crippen molar-refractivity contribution in [2.75, 3.05) is 5.32 Å². The van der Waals surface area contributed by atoms with Crippen LogP contribution < -0.4 is 5.32 Å². The maximum absolute atomic E-state index is 5.99. The van der Waals surface area contributed by atoms with E-state index in [1.165, 1.54) is 0 Å². The number of hydrogen-bond acceptors (Lipinski definition) is 3. The Morgan fingerprint density at radius 2 is 1.57 bits per heavy atom. The van der Waals surface area contributed by atoms with Crippen LogP contribution in [0.25, 0.3) is 5.70 Å². The van der Waals surface area contributed by atoms with E-state index in [0.29, 0.717) is 16.0 Å². The lowest BCUT2D eigenvalue weighted by molar-refractivity contribution is 0.612. The molecule has 0 saturated heterocycles. The van der Waals surface area contributed by atoms with Crippen molar-refractivity contribution in [1.29, 1.82) is 0 Å². The number of nitrogens with one attached hydrogen (secondary N) is 1. The number of aromatic nitrogens is 3. The normalized spacial score (nSPS) is 16.4. The molecule has 0 saturated carbocycles. The van der Waals surface area contributed by atoms with Gasteiger partial charge in [-0.15, -0.1) is 0 Å². The van der Waals surface area contributed by atoms with E-state index >= 15 is 0 Å². The van der Waals surface area contributed by atoms with Gasteiger partial charge in [0, 0.05) is 15.7 Å². The molecule has 0 radical (unpaired) electrons. The number of allylic oxidation sites excluding steroid dienone is 1. The summed E-state index contributed by atoms with van der Waals surface area (Å²) < 4.78 is 1.85. The van der Waals surface area contributed by atoms with E-state index in [1.807, 2.05) is 53.2 Å². The molecule has 4 nitrogen and oxygen atoms in total. The van der Waals surface area contributed by atoms with Gasteiger partial charge in [-0.25, -0.2) is 4.68 Å². The second-order valence-electron chi connectivity index (χ2n) is 5.24. The minimum absolute atomic E-state index is 0.0447. The molecular weight excluding hydrogens is 331 g/mol. The van der Waals surface area contributed by atoms with E-state index in [0.717, 1.165) is 16.8 Å². The van der Waals surface area contributed by atoms with Gasteiger partial charge in [0.05, 0.1) is 0 Å². The lowest BCUT2D eigenvalue weighted by atomic mass is 10.0. The molecule has 4 rings (SSSR count). The third-order valence-corrected chi connectivity index (χ3v) is 4.28. The highest BCUT2D eigenvalue weighted by atomic mass is 35.5. The molecule has 3 aromatic rings. The summed E-state index contributed by atoms with van der Waals surface area (Å²) in [4.78, 5) is 4.29. The minimum Gasteiger partial charge on any atom is -0.324 e. The molecule has 1 N–H and O–H groups in total. The first-order valence-electron chi connectivity index (χ1n) is 7.10. The van der Waals surface area contributed by atoms with E-state index in [1.54, 1.807) is 6.33 Å². The Hall–Kier alpha value is -2.30. The van der Waals surface area contributed by atoms with Crippen LogP contribution in [0.3, 0.4) is 0 Å². The van der Waals surface area contributed by atoms with Crippen LogP contribution in [0, 0.1) is 0 Å². The lowest BCUT2D eigenvalue weighted by Gasteiger charge is -2.24. The predicted molar refractivity (Wildman–Crippen MR) is 92.7 cm³/mol. The Bertz CT molecular complexity index is 866. The molecule has 6 heteroatoms. The summed E-state index contributed by atoms with van der Waals surface area (Å²) in [6.45, 7) is 0. The van der Waals surface area contributed by atoms with Crippen LogP contribution in [-0.4, -0.2) is 14.8 Å². The van der Waals surface area contributed by atoms with Gasteiger partial charge in [-0.3, -0.25) is 0 Å². The maximum atomic E-state index is 5.99. The van der Waals surface area contributed by atoms with Crippen molar-refractivity contribution in [3.8, 4) is 0 Å². The largest absolute Gasteiger partial charge is 0.324 e. The van der Waals surface area contributed by atoms with Crippen LogP contribution in [0.5, 0.6) is 0 Å². The summed E-state index contributed by atoms with van der Waals surface area (Å²) in [6.07, 6.45) is 3.66. The number of anilines is 1. The lowest BCUT2D eigenvalue weighted by Crippen LogP contribution is -2.20. The van der Waals surface area contributed by atoms with Crippen LogP contribution in [0.2, 0.25) is 10.0 Å². The van der Waals surface area contributed by atoms with Gasteiger partial charge < -0.3 is 5.32 Å². The molecule has 114 valence electrons. The SMILES string of the molecule is Clc1ccc(C2=CC(c3ccc(Cl)cc3)n3ncnc3N2)cc1. The standard InChI is InChI=1S/C17H12Cl2N4/c18-13-5-1-11(2-6-13)15-9-16(12-3-7-14(19)8-4-12)23-17(22-15)20-10-21-23/h1-10,16H,(H,20,21,22). The van der Waals surface area contributed by atoms with Crippen molar-refractivity contribution in [2.45, 2.75) is 6.04 Å². The van der Waals surface area contributed by atoms with Gasteiger partial charge in [-0.2, -0.15) is 10.1 Å². The Morgan fingerprint density at radius 1 is 0.913 bits per heavy atom. The molecule has 0 amide bonds. The average molecular weight is 343 g/mol. The summed E-state index contributed by atoms with van der Waals surface area (Å²) in [5.41, 5.74) is 3.11. The van der Waals surface area contributed by atoms with Crippen LogP contribution in [0.15, 0.2) is 60.9 Å². The van der Waals surface area contributed by atoms with E-state index in [4.69, 9.17) is 23.2 Å². The molecule has 1 aliphatic rings. The molecule has 2 heterocycles. The molecule has 1 unspecified atom stereocenters. The molecule has 0 fully saturated rings. The molecule has 0 aliphatic carbocycles. The van der Waals surface area contributed by atoms with E-state index in [-0.39, 0.29) is 6.04 Å². The fourth-order valence-corrected chi connectivity index (χ4v) is 2.88. The van der Waals surface area contributed by atoms with E-state index in [2.05, 4.69) is 21.5 Å². The van der Waals surface area contributed by atoms with Crippen molar-refractivity contribution < 1.29 is 0 Å². The Kier molecular flexibility index (Phi) is 3.56. The number of benzene rings is 2. The summed E-state index contributed by atoms with van der Waals surface area (Å²) in [6, 6.07) is 15.4. The smallest absolute Gasteiger partial charge is 0.226 e. The minimum atomic E-state index is -0.0447. The van der Waals surface area contributed by atoms with Crippen molar-refractivity contribution in [2.24, 2.45) is 0 Å². The number of hydrogen-bond donors (Lipinski definition) is 1. The zero-order valence-electron chi connectivity index (χ0n) is 11.9. The Morgan fingerprint density at radius 3 is 2.26 bits per heavy atom. The van der Waals surface area contributed by atoms with Gasteiger partial charge in [0.1, 0.15) is 12.4 Å². The maximum Gasteiger partial charge on any atom is 0.226 e. The number of nitrogens with zero attached hydrogens (tertiary/aromatic N) is 3. The van der Waals surface area contributed by atoms with Gasteiger partial charge in [-0.05, 0) is 41.5 Å². The number of rotatable bonds is 2. The third-order valence-electron chi connectivity index (χ3n) is 3.77. The summed E-state index contributed by atoms with van der Waals surface area (Å²) in [7, 11) is 0. The fourth-order valence-electron chi connectivity index (χ4n) is 2.63. The molecule has 2 aromatic carbocycles. The first kappa shape index (κ1) is 14.3. The first-order chi connectivity index (χ1) is 11.2. The van der Waals surface area contributed by atoms with Crippen molar-refractivity contribution in [1.82, 2.24) is 14.8 Å². The van der Waals surface area contributed by atoms with Crippen LogP contribution in [-0.2, 0) is 0 Å². The number of fused-ring (bicyclic) bond motifs is 1. The second kappa shape index (κ2) is 5.72. The highest BCUT2D eigenvalue weighted by Gasteiger charge is 2.23. The van der Waals surface area contributed by atoms with Crippen molar-refractivity contribution in [3.63, 3.8) is 0 Å². The monoisotopic (exact) mass is 342 g/mol. The van der Waals surface area contributed by atoms with Gasteiger partial charge in [0.15, 0.2) is 0 Å². The molecule has 0 bridgehead atoms. The third kappa shape index (κ3) is 2.71. The molecule has 1 atom stereocenters. The van der Waals surface area contributed by atoms with E-state index < -0.39 is 0 Å². The van der Waals surface area contributed by atoms with Crippen molar-refractivity contribution >= 4 is 34.8 Å². The summed E-state index contributed by atoms with van der Waals surface area (Å²) in [5.74, 6) is 0.706. The quantitative estimate of drug-likeness (QED) is 0.737. The second-order valence-corrected chi connectivity index (χ2v) is 6.11. The van der Waals surface area contributed by atoms with E-state index in [9.17, 15) is 0 Å². The highest BCUT2D eigenvalue weighted by Crippen LogP contribution is 2.32.